The fourth-order valence-corrected chi connectivity index (χ4v) is 2.51. The Morgan fingerprint density at radius 1 is 0.714 bits per heavy atom. The summed E-state index contributed by atoms with van der Waals surface area (Å²) in [5.41, 5.74) is 2.63. The largest absolute Gasteiger partial charge is 0.396 e. The fourth-order valence-electron chi connectivity index (χ4n) is 2.51. The topological polar surface area (TPSA) is 23.5 Å². The van der Waals surface area contributed by atoms with Crippen molar-refractivity contribution in [2.24, 2.45) is 0 Å². The summed E-state index contributed by atoms with van der Waals surface area (Å²) in [6.07, 6.45) is 4.38. The quantitative estimate of drug-likeness (QED) is 0.696. The molecule has 0 radical (unpaired) electrons. The lowest BCUT2D eigenvalue weighted by molar-refractivity contribution is 0.282. The van der Waals surface area contributed by atoms with Crippen molar-refractivity contribution in [3.63, 3.8) is 0 Å². The van der Waals surface area contributed by atoms with E-state index < -0.39 is 0 Å². The third-order valence-electron chi connectivity index (χ3n) is 3.67. The van der Waals surface area contributed by atoms with Gasteiger partial charge in [-0.2, -0.15) is 0 Å². The predicted molar refractivity (Wildman–Crippen MR) is 89.5 cm³/mol. The van der Waals surface area contributed by atoms with Crippen LogP contribution in [0.5, 0.6) is 0 Å². The van der Waals surface area contributed by atoms with E-state index >= 15 is 0 Å². The number of unbranched alkanes of at least 4 members (excludes halogenated alkanes) is 3. The lowest BCUT2D eigenvalue weighted by atomic mass is 10.1. The van der Waals surface area contributed by atoms with Crippen molar-refractivity contribution < 1.29 is 5.11 Å². The van der Waals surface area contributed by atoms with Crippen LogP contribution in [0, 0.1) is 0 Å². The molecule has 2 rings (SSSR count). The molecule has 0 aromatic heterocycles. The molecule has 0 atom stereocenters. The van der Waals surface area contributed by atoms with E-state index in [4.69, 9.17) is 5.11 Å². The Morgan fingerprint density at radius 2 is 1.33 bits per heavy atom. The van der Waals surface area contributed by atoms with Crippen LogP contribution in [-0.4, -0.2) is 18.3 Å². The van der Waals surface area contributed by atoms with Crippen molar-refractivity contribution in [3.8, 4) is 0 Å². The number of anilines is 1. The normalized spacial score (nSPS) is 10.5. The Balaban J connectivity index is 1.94. The second-order valence-electron chi connectivity index (χ2n) is 5.38. The summed E-state index contributed by atoms with van der Waals surface area (Å²) in [4.78, 5) is 2.44. The lowest BCUT2D eigenvalue weighted by Crippen LogP contribution is -2.23. The van der Waals surface area contributed by atoms with Gasteiger partial charge in [0.1, 0.15) is 0 Å². The first kappa shape index (κ1) is 15.6. The maximum Gasteiger partial charge on any atom is 0.0431 e. The smallest absolute Gasteiger partial charge is 0.0431 e. The van der Waals surface area contributed by atoms with Gasteiger partial charge in [-0.25, -0.2) is 0 Å². The molecule has 0 unspecified atom stereocenters. The lowest BCUT2D eigenvalue weighted by Gasteiger charge is -2.25. The van der Waals surface area contributed by atoms with Crippen LogP contribution in [0.25, 0.3) is 0 Å². The predicted octanol–water partition coefficient (Wildman–Crippen LogP) is 4.25. The minimum atomic E-state index is 0.312. The SMILES string of the molecule is OCCCCCCN(Cc1ccccc1)c1ccccc1. The van der Waals surface area contributed by atoms with Gasteiger partial charge in [-0.15, -0.1) is 0 Å². The Bertz CT molecular complexity index is 483. The average Bonchev–Trinajstić information content (AvgIpc) is 2.55. The van der Waals surface area contributed by atoms with Crippen molar-refractivity contribution in [2.45, 2.75) is 32.2 Å². The molecule has 112 valence electrons. The zero-order valence-corrected chi connectivity index (χ0v) is 12.6. The van der Waals surface area contributed by atoms with Gasteiger partial charge in [0.05, 0.1) is 0 Å². The minimum absolute atomic E-state index is 0.312. The number of hydrogen-bond acceptors (Lipinski definition) is 2. The third kappa shape index (κ3) is 5.60. The second kappa shape index (κ2) is 9.19. The summed E-state index contributed by atoms with van der Waals surface area (Å²) >= 11 is 0. The van der Waals surface area contributed by atoms with Crippen LogP contribution in [-0.2, 0) is 6.54 Å². The van der Waals surface area contributed by atoms with Crippen LogP contribution in [0.3, 0.4) is 0 Å². The first-order chi connectivity index (χ1) is 10.4. The highest BCUT2D eigenvalue weighted by Gasteiger charge is 2.06. The first-order valence-electron chi connectivity index (χ1n) is 7.85. The van der Waals surface area contributed by atoms with Crippen molar-refractivity contribution in [2.75, 3.05) is 18.1 Å². The number of nitrogens with zero attached hydrogens (tertiary/aromatic N) is 1. The van der Waals surface area contributed by atoms with E-state index in [9.17, 15) is 0 Å². The van der Waals surface area contributed by atoms with Crippen LogP contribution in [0.1, 0.15) is 31.2 Å². The summed E-state index contributed by atoms with van der Waals surface area (Å²) in [7, 11) is 0. The van der Waals surface area contributed by atoms with Gasteiger partial charge in [0, 0.05) is 25.4 Å². The Kier molecular flexibility index (Phi) is 6.82. The number of hydrogen-bond donors (Lipinski definition) is 1. The van der Waals surface area contributed by atoms with E-state index in [0.717, 1.165) is 25.9 Å². The zero-order valence-electron chi connectivity index (χ0n) is 12.6. The van der Waals surface area contributed by atoms with E-state index in [1.165, 1.54) is 24.1 Å². The number of aliphatic hydroxyl groups is 1. The van der Waals surface area contributed by atoms with Gasteiger partial charge in [-0.3, -0.25) is 0 Å². The summed E-state index contributed by atoms with van der Waals surface area (Å²) < 4.78 is 0. The fraction of sp³-hybridized carbons (Fsp3) is 0.368. The van der Waals surface area contributed by atoms with Crippen LogP contribution >= 0.6 is 0 Å². The molecule has 0 saturated heterocycles. The highest BCUT2D eigenvalue weighted by molar-refractivity contribution is 5.46. The maximum absolute atomic E-state index is 8.84. The molecule has 2 aromatic rings. The molecular formula is C19H25NO. The maximum atomic E-state index is 8.84. The molecule has 0 spiro atoms. The number of aliphatic hydroxyl groups excluding tert-OH is 1. The van der Waals surface area contributed by atoms with Gasteiger partial charge in [0.2, 0.25) is 0 Å². The molecule has 0 fully saturated rings. The van der Waals surface area contributed by atoms with Crippen LogP contribution in [0.4, 0.5) is 5.69 Å². The third-order valence-corrected chi connectivity index (χ3v) is 3.67. The van der Waals surface area contributed by atoms with Crippen molar-refractivity contribution in [3.05, 3.63) is 66.2 Å². The van der Waals surface area contributed by atoms with E-state index in [1.807, 2.05) is 0 Å². The number of rotatable bonds is 9. The molecular weight excluding hydrogens is 258 g/mol. The molecule has 0 amide bonds. The summed E-state index contributed by atoms with van der Waals surface area (Å²) in [6, 6.07) is 21.2. The van der Waals surface area contributed by atoms with Crippen molar-refractivity contribution in [1.29, 1.82) is 0 Å². The molecule has 0 aliphatic heterocycles. The zero-order chi connectivity index (χ0) is 14.8. The van der Waals surface area contributed by atoms with E-state index in [-0.39, 0.29) is 0 Å². The minimum Gasteiger partial charge on any atom is -0.396 e. The molecule has 0 saturated carbocycles. The van der Waals surface area contributed by atoms with E-state index in [1.54, 1.807) is 0 Å². The van der Waals surface area contributed by atoms with Crippen molar-refractivity contribution in [1.82, 2.24) is 0 Å². The van der Waals surface area contributed by atoms with Crippen LogP contribution in [0.15, 0.2) is 60.7 Å². The molecule has 2 nitrogen and oxygen atoms in total. The summed E-state index contributed by atoms with van der Waals surface area (Å²) in [6.45, 7) is 2.32. The van der Waals surface area contributed by atoms with Crippen LogP contribution in [0.2, 0.25) is 0 Å². The first-order valence-corrected chi connectivity index (χ1v) is 7.85. The number of para-hydroxylation sites is 1. The molecule has 0 bridgehead atoms. The Labute approximate surface area is 128 Å². The molecule has 2 aromatic carbocycles. The molecule has 21 heavy (non-hydrogen) atoms. The van der Waals surface area contributed by atoms with Gasteiger partial charge >= 0.3 is 0 Å². The monoisotopic (exact) mass is 283 g/mol. The van der Waals surface area contributed by atoms with Crippen LogP contribution < -0.4 is 4.90 Å². The molecule has 0 aliphatic carbocycles. The van der Waals surface area contributed by atoms with Gasteiger partial charge in [0.15, 0.2) is 0 Å². The Morgan fingerprint density at radius 3 is 2.00 bits per heavy atom. The summed E-state index contributed by atoms with van der Waals surface area (Å²) in [5, 5.41) is 8.84. The van der Waals surface area contributed by atoms with E-state index in [0.29, 0.717) is 6.61 Å². The van der Waals surface area contributed by atoms with Gasteiger partial charge in [-0.1, -0.05) is 61.4 Å². The van der Waals surface area contributed by atoms with Gasteiger partial charge < -0.3 is 10.0 Å². The molecule has 1 N–H and O–H groups in total. The van der Waals surface area contributed by atoms with E-state index in [2.05, 4.69) is 65.6 Å². The van der Waals surface area contributed by atoms with Gasteiger partial charge in [-0.05, 0) is 30.5 Å². The van der Waals surface area contributed by atoms with Gasteiger partial charge in [0.25, 0.3) is 0 Å². The highest BCUT2D eigenvalue weighted by atomic mass is 16.2. The molecule has 2 heteroatoms. The second-order valence-corrected chi connectivity index (χ2v) is 5.38. The highest BCUT2D eigenvalue weighted by Crippen LogP contribution is 2.18. The average molecular weight is 283 g/mol. The Hall–Kier alpha value is -1.80. The molecule has 0 aliphatic rings. The number of benzene rings is 2. The van der Waals surface area contributed by atoms with Crippen molar-refractivity contribution >= 4 is 5.69 Å². The standard InChI is InChI=1S/C19H25NO/c21-16-10-2-1-9-15-20(19-13-7-4-8-14-19)17-18-11-5-3-6-12-18/h3-8,11-14,21H,1-2,9-10,15-17H2. The molecule has 0 heterocycles. The summed E-state index contributed by atoms with van der Waals surface area (Å²) in [5.74, 6) is 0.